The third-order valence-electron chi connectivity index (χ3n) is 2.19. The van der Waals surface area contributed by atoms with Gasteiger partial charge in [0.15, 0.2) is 0 Å². The maximum atomic E-state index is 11.8. The molecule has 0 bridgehead atoms. The molecule has 0 aliphatic heterocycles. The molecule has 1 rings (SSSR count). The number of rotatable bonds is 3. The zero-order valence-electron chi connectivity index (χ0n) is 9.87. The molecule has 0 aliphatic carbocycles. The van der Waals surface area contributed by atoms with Crippen LogP contribution in [0.2, 0.25) is 0 Å². The van der Waals surface area contributed by atoms with Gasteiger partial charge in [-0.05, 0) is 38.5 Å². The van der Waals surface area contributed by atoms with Gasteiger partial charge in [-0.3, -0.25) is 4.79 Å². The van der Waals surface area contributed by atoms with Crippen molar-refractivity contribution >= 4 is 11.6 Å². The minimum Gasteiger partial charge on any atom is -0.399 e. The van der Waals surface area contributed by atoms with Crippen LogP contribution in [-0.2, 0) is 0 Å². The van der Waals surface area contributed by atoms with Gasteiger partial charge < -0.3 is 16.2 Å². The predicted molar refractivity (Wildman–Crippen MR) is 64.2 cm³/mol. The van der Waals surface area contributed by atoms with Gasteiger partial charge in [-0.2, -0.15) is 0 Å². The summed E-state index contributed by atoms with van der Waals surface area (Å²) >= 11 is 0. The largest absolute Gasteiger partial charge is 0.399 e. The summed E-state index contributed by atoms with van der Waals surface area (Å²) in [6.45, 7) is 5.33. The molecule has 0 aliphatic rings. The van der Waals surface area contributed by atoms with Gasteiger partial charge >= 0.3 is 0 Å². The zero-order chi connectivity index (χ0) is 12.3. The Bertz CT molecular complexity index is 394. The molecule has 0 unspecified atom stereocenters. The first-order valence-corrected chi connectivity index (χ1v) is 5.16. The second-order valence-electron chi connectivity index (χ2n) is 4.57. The Morgan fingerprint density at radius 3 is 2.69 bits per heavy atom. The highest BCUT2D eigenvalue weighted by Crippen LogP contribution is 2.12. The van der Waals surface area contributed by atoms with E-state index in [4.69, 9.17) is 5.73 Å². The highest BCUT2D eigenvalue weighted by molar-refractivity contribution is 5.96. The van der Waals surface area contributed by atoms with Crippen molar-refractivity contribution < 1.29 is 9.90 Å². The SMILES string of the molecule is Cc1ccc(N)cc1C(=O)NCC(C)(C)O. The maximum absolute atomic E-state index is 11.8. The van der Waals surface area contributed by atoms with Gasteiger partial charge in [0, 0.05) is 17.8 Å². The van der Waals surface area contributed by atoms with Crippen LogP contribution in [0, 0.1) is 6.92 Å². The van der Waals surface area contributed by atoms with Crippen LogP contribution in [0.1, 0.15) is 29.8 Å². The van der Waals surface area contributed by atoms with Gasteiger partial charge in [0.05, 0.1) is 5.60 Å². The molecule has 0 spiro atoms. The molecule has 0 saturated carbocycles. The van der Waals surface area contributed by atoms with Crippen molar-refractivity contribution in [3.63, 3.8) is 0 Å². The summed E-state index contributed by atoms with van der Waals surface area (Å²) in [4.78, 5) is 11.8. The third-order valence-corrected chi connectivity index (χ3v) is 2.19. The highest BCUT2D eigenvalue weighted by atomic mass is 16.3. The number of hydrogen-bond acceptors (Lipinski definition) is 3. The first-order chi connectivity index (χ1) is 7.29. The van der Waals surface area contributed by atoms with E-state index in [1.54, 1.807) is 32.0 Å². The van der Waals surface area contributed by atoms with Gasteiger partial charge in [0.1, 0.15) is 0 Å². The van der Waals surface area contributed by atoms with Crippen LogP contribution in [0.4, 0.5) is 5.69 Å². The molecule has 0 atom stereocenters. The van der Waals surface area contributed by atoms with Crippen LogP contribution in [0.5, 0.6) is 0 Å². The number of aryl methyl sites for hydroxylation is 1. The minimum atomic E-state index is -0.913. The Labute approximate surface area is 95.5 Å². The molecule has 0 fully saturated rings. The lowest BCUT2D eigenvalue weighted by molar-refractivity contribution is 0.0694. The summed E-state index contributed by atoms with van der Waals surface area (Å²) in [6, 6.07) is 5.19. The number of carbonyl (C=O) groups is 1. The Kier molecular flexibility index (Phi) is 3.55. The number of carbonyl (C=O) groups excluding carboxylic acids is 1. The van der Waals surface area contributed by atoms with E-state index < -0.39 is 5.60 Å². The molecule has 1 aromatic carbocycles. The lowest BCUT2D eigenvalue weighted by atomic mass is 10.1. The molecule has 4 heteroatoms. The summed E-state index contributed by atoms with van der Waals surface area (Å²) in [5, 5.41) is 12.2. The van der Waals surface area contributed by atoms with E-state index in [1.807, 2.05) is 6.92 Å². The molecule has 0 heterocycles. The maximum Gasteiger partial charge on any atom is 0.251 e. The Morgan fingerprint density at radius 2 is 2.12 bits per heavy atom. The molecule has 0 aromatic heterocycles. The third kappa shape index (κ3) is 3.55. The quantitative estimate of drug-likeness (QED) is 0.670. The van der Waals surface area contributed by atoms with Crippen molar-refractivity contribution in [2.75, 3.05) is 12.3 Å². The van der Waals surface area contributed by atoms with Gasteiger partial charge in [-0.25, -0.2) is 0 Å². The van der Waals surface area contributed by atoms with Gasteiger partial charge in [-0.15, -0.1) is 0 Å². The van der Waals surface area contributed by atoms with Crippen molar-refractivity contribution in [1.82, 2.24) is 5.32 Å². The monoisotopic (exact) mass is 222 g/mol. The fraction of sp³-hybridized carbons (Fsp3) is 0.417. The van der Waals surface area contributed by atoms with Crippen molar-refractivity contribution in [1.29, 1.82) is 0 Å². The topological polar surface area (TPSA) is 75.4 Å². The summed E-state index contributed by atoms with van der Waals surface area (Å²) in [5.41, 5.74) is 6.67. The number of nitrogen functional groups attached to an aromatic ring is 1. The van der Waals surface area contributed by atoms with E-state index in [-0.39, 0.29) is 12.5 Å². The zero-order valence-corrected chi connectivity index (χ0v) is 9.87. The first kappa shape index (κ1) is 12.5. The van der Waals surface area contributed by atoms with E-state index in [9.17, 15) is 9.90 Å². The van der Waals surface area contributed by atoms with Crippen LogP contribution in [0.25, 0.3) is 0 Å². The molecule has 1 amide bonds. The average molecular weight is 222 g/mol. The number of aliphatic hydroxyl groups is 1. The number of amides is 1. The summed E-state index contributed by atoms with van der Waals surface area (Å²) in [5.74, 6) is -0.216. The van der Waals surface area contributed by atoms with E-state index >= 15 is 0 Å². The molecule has 88 valence electrons. The Morgan fingerprint density at radius 1 is 1.50 bits per heavy atom. The summed E-state index contributed by atoms with van der Waals surface area (Å²) in [7, 11) is 0. The van der Waals surface area contributed by atoms with E-state index in [1.165, 1.54) is 0 Å². The smallest absolute Gasteiger partial charge is 0.251 e. The first-order valence-electron chi connectivity index (χ1n) is 5.16. The lowest BCUT2D eigenvalue weighted by Gasteiger charge is -2.18. The van der Waals surface area contributed by atoms with E-state index in [0.717, 1.165) is 5.56 Å². The molecular weight excluding hydrogens is 204 g/mol. The van der Waals surface area contributed by atoms with Crippen molar-refractivity contribution in [2.24, 2.45) is 0 Å². The second kappa shape index (κ2) is 4.53. The Balaban J connectivity index is 2.77. The molecule has 4 nitrogen and oxygen atoms in total. The summed E-state index contributed by atoms with van der Waals surface area (Å²) < 4.78 is 0. The second-order valence-corrected chi connectivity index (χ2v) is 4.57. The molecule has 16 heavy (non-hydrogen) atoms. The van der Waals surface area contributed by atoms with Gasteiger partial charge in [0.25, 0.3) is 5.91 Å². The number of benzene rings is 1. The average Bonchev–Trinajstić information content (AvgIpc) is 2.17. The lowest BCUT2D eigenvalue weighted by Crippen LogP contribution is -2.38. The van der Waals surface area contributed by atoms with Crippen LogP contribution in [-0.4, -0.2) is 23.2 Å². The van der Waals surface area contributed by atoms with Crippen LogP contribution in [0.15, 0.2) is 18.2 Å². The summed E-state index contributed by atoms with van der Waals surface area (Å²) in [6.07, 6.45) is 0. The van der Waals surface area contributed by atoms with E-state index in [0.29, 0.717) is 11.3 Å². The molecular formula is C12H18N2O2. The van der Waals surface area contributed by atoms with Crippen LogP contribution < -0.4 is 11.1 Å². The standard InChI is InChI=1S/C12H18N2O2/c1-8-4-5-9(13)6-10(8)11(15)14-7-12(2,3)16/h4-6,16H,7,13H2,1-3H3,(H,14,15). The molecule has 4 N–H and O–H groups in total. The van der Waals surface area contributed by atoms with E-state index in [2.05, 4.69) is 5.32 Å². The number of nitrogens with one attached hydrogen (secondary N) is 1. The number of hydrogen-bond donors (Lipinski definition) is 3. The van der Waals surface area contributed by atoms with Crippen LogP contribution >= 0.6 is 0 Å². The van der Waals surface area contributed by atoms with Crippen molar-refractivity contribution in [2.45, 2.75) is 26.4 Å². The minimum absolute atomic E-state index is 0.208. The fourth-order valence-electron chi connectivity index (χ4n) is 1.28. The fourth-order valence-corrected chi connectivity index (χ4v) is 1.28. The van der Waals surface area contributed by atoms with Gasteiger partial charge in [0.2, 0.25) is 0 Å². The highest BCUT2D eigenvalue weighted by Gasteiger charge is 2.15. The number of anilines is 1. The van der Waals surface area contributed by atoms with Crippen molar-refractivity contribution in [3.8, 4) is 0 Å². The molecule has 1 aromatic rings. The predicted octanol–water partition coefficient (Wildman–Crippen LogP) is 1.08. The molecule has 0 radical (unpaired) electrons. The number of nitrogens with two attached hydrogens (primary N) is 1. The van der Waals surface area contributed by atoms with Crippen molar-refractivity contribution in [3.05, 3.63) is 29.3 Å². The molecule has 0 saturated heterocycles. The van der Waals surface area contributed by atoms with Crippen LogP contribution in [0.3, 0.4) is 0 Å². The Hall–Kier alpha value is -1.55. The van der Waals surface area contributed by atoms with Gasteiger partial charge in [-0.1, -0.05) is 6.07 Å². The normalized spacial score (nSPS) is 11.2.